The number of carbonyl (C=O) groups is 1. The number of rotatable bonds is 3. The van der Waals surface area contributed by atoms with Crippen molar-refractivity contribution in [2.45, 2.75) is 50.0 Å². The van der Waals surface area contributed by atoms with Gasteiger partial charge in [-0.1, -0.05) is 12.2 Å². The van der Waals surface area contributed by atoms with Gasteiger partial charge in [0.2, 0.25) is 5.88 Å². The molecule has 0 N–H and O–H groups in total. The van der Waals surface area contributed by atoms with Gasteiger partial charge < -0.3 is 19.3 Å². The molecule has 7 nitrogen and oxygen atoms in total. The van der Waals surface area contributed by atoms with Crippen molar-refractivity contribution in [3.8, 4) is 5.88 Å². The van der Waals surface area contributed by atoms with Crippen molar-refractivity contribution in [2.24, 2.45) is 5.92 Å². The van der Waals surface area contributed by atoms with Crippen molar-refractivity contribution < 1.29 is 18.7 Å². The predicted octanol–water partition coefficient (Wildman–Crippen LogP) is 2.60. The third-order valence-electron chi connectivity index (χ3n) is 6.65. The summed E-state index contributed by atoms with van der Waals surface area (Å²) in [5.41, 5.74) is -0.760. The van der Waals surface area contributed by atoms with E-state index in [2.05, 4.69) is 14.9 Å². The van der Waals surface area contributed by atoms with Crippen LogP contribution in [-0.4, -0.2) is 58.8 Å². The average Bonchev–Trinajstić information content (AvgIpc) is 3.27. The van der Waals surface area contributed by atoms with Crippen LogP contribution in [0.5, 0.6) is 5.88 Å². The molecule has 3 atom stereocenters. The Bertz CT molecular complexity index is 865. The van der Waals surface area contributed by atoms with E-state index in [1.807, 2.05) is 11.0 Å². The van der Waals surface area contributed by atoms with Gasteiger partial charge in [-0.3, -0.25) is 4.79 Å². The first-order chi connectivity index (χ1) is 14.1. The summed E-state index contributed by atoms with van der Waals surface area (Å²) in [5.74, 6) is 1.31. The zero-order valence-electron chi connectivity index (χ0n) is 16.5. The third-order valence-corrected chi connectivity index (χ3v) is 6.65. The largest absolute Gasteiger partial charge is 0.481 e. The second kappa shape index (κ2) is 7.09. The molecule has 3 aliphatic heterocycles. The van der Waals surface area contributed by atoms with Crippen LogP contribution in [0.2, 0.25) is 0 Å². The molecule has 8 heteroatoms. The maximum atomic E-state index is 13.8. The van der Waals surface area contributed by atoms with E-state index in [1.165, 1.54) is 12.4 Å². The molecule has 0 bridgehead atoms. The van der Waals surface area contributed by atoms with E-state index in [0.29, 0.717) is 38.2 Å². The number of carbonyl (C=O) groups excluding carboxylic acids is 1. The Morgan fingerprint density at radius 1 is 1.28 bits per heavy atom. The van der Waals surface area contributed by atoms with E-state index >= 15 is 0 Å². The molecule has 3 fully saturated rings. The Labute approximate surface area is 169 Å². The summed E-state index contributed by atoms with van der Waals surface area (Å²) in [6.07, 6.45) is 9.89. The lowest BCUT2D eigenvalue weighted by Crippen LogP contribution is -2.52. The van der Waals surface area contributed by atoms with E-state index in [9.17, 15) is 9.18 Å². The average molecular weight is 400 g/mol. The van der Waals surface area contributed by atoms with Crippen LogP contribution in [0, 0.1) is 5.92 Å². The lowest BCUT2D eigenvalue weighted by Gasteiger charge is -2.38. The molecule has 4 heterocycles. The summed E-state index contributed by atoms with van der Waals surface area (Å²) >= 11 is 0. The molecule has 3 saturated heterocycles. The van der Waals surface area contributed by atoms with E-state index in [0.717, 1.165) is 18.7 Å². The number of halogens is 1. The fraction of sp³-hybridized carbons (Fsp3) is 0.571. The number of hydrogen-bond donors (Lipinski definition) is 0. The van der Waals surface area contributed by atoms with Crippen molar-refractivity contribution in [3.63, 3.8) is 0 Å². The van der Waals surface area contributed by atoms with Gasteiger partial charge in [-0.05, 0) is 18.9 Å². The predicted molar refractivity (Wildman–Crippen MR) is 104 cm³/mol. The van der Waals surface area contributed by atoms with Crippen LogP contribution >= 0.6 is 0 Å². The molecule has 1 spiro atoms. The molecule has 0 aromatic carbocycles. The topological polar surface area (TPSA) is 67.8 Å². The summed E-state index contributed by atoms with van der Waals surface area (Å²) in [4.78, 5) is 25.9. The number of allylic oxidation sites excluding steroid dienone is 3. The molecule has 1 aromatic heterocycles. The van der Waals surface area contributed by atoms with Crippen LogP contribution in [-0.2, 0) is 9.53 Å². The summed E-state index contributed by atoms with van der Waals surface area (Å²) < 4.78 is 25.3. The molecule has 1 aromatic rings. The van der Waals surface area contributed by atoms with Crippen LogP contribution in [0.3, 0.4) is 0 Å². The highest BCUT2D eigenvalue weighted by Crippen LogP contribution is 2.46. The fourth-order valence-corrected chi connectivity index (χ4v) is 5.14. The Kier molecular flexibility index (Phi) is 4.53. The SMILES string of the molecule is COc1cc(N2CCC3(CC2)O[C@@H]2CC[C@@H](C4C=CC=C(F)C4)N2C3=O)ncn1. The van der Waals surface area contributed by atoms with Crippen molar-refractivity contribution >= 4 is 11.7 Å². The van der Waals surface area contributed by atoms with Crippen molar-refractivity contribution in [3.05, 3.63) is 36.4 Å². The summed E-state index contributed by atoms with van der Waals surface area (Å²) in [5, 5.41) is 0. The maximum Gasteiger partial charge on any atom is 0.257 e. The zero-order valence-corrected chi connectivity index (χ0v) is 16.5. The van der Waals surface area contributed by atoms with Gasteiger partial charge in [0, 0.05) is 50.4 Å². The number of methoxy groups -OCH3 is 1. The molecule has 1 aliphatic carbocycles. The molecule has 0 radical (unpaired) electrons. The van der Waals surface area contributed by atoms with Gasteiger partial charge in [-0.25, -0.2) is 14.4 Å². The van der Waals surface area contributed by atoms with Gasteiger partial charge in [-0.2, -0.15) is 0 Å². The molecule has 154 valence electrons. The molecular weight excluding hydrogens is 375 g/mol. The fourth-order valence-electron chi connectivity index (χ4n) is 5.14. The summed E-state index contributed by atoms with van der Waals surface area (Å²) in [7, 11) is 1.58. The molecular formula is C21H25FN4O3. The Morgan fingerprint density at radius 3 is 2.86 bits per heavy atom. The molecule has 5 rings (SSSR count). The van der Waals surface area contributed by atoms with E-state index in [4.69, 9.17) is 9.47 Å². The number of anilines is 1. The number of aromatic nitrogens is 2. The van der Waals surface area contributed by atoms with E-state index < -0.39 is 5.60 Å². The Morgan fingerprint density at radius 2 is 2.10 bits per heavy atom. The van der Waals surface area contributed by atoms with Gasteiger partial charge in [0.05, 0.1) is 7.11 Å². The van der Waals surface area contributed by atoms with E-state index in [1.54, 1.807) is 19.3 Å². The first kappa shape index (κ1) is 18.5. The number of ether oxygens (including phenoxy) is 2. The summed E-state index contributed by atoms with van der Waals surface area (Å²) in [6, 6.07) is 1.83. The quantitative estimate of drug-likeness (QED) is 0.777. The van der Waals surface area contributed by atoms with Crippen molar-refractivity contribution in [1.82, 2.24) is 14.9 Å². The van der Waals surface area contributed by atoms with Crippen molar-refractivity contribution in [1.29, 1.82) is 0 Å². The monoisotopic (exact) mass is 400 g/mol. The minimum Gasteiger partial charge on any atom is -0.481 e. The third kappa shape index (κ3) is 3.10. The molecule has 1 amide bonds. The van der Waals surface area contributed by atoms with Gasteiger partial charge in [0.1, 0.15) is 24.2 Å². The number of amides is 1. The molecule has 1 unspecified atom stereocenters. The lowest BCUT2D eigenvalue weighted by molar-refractivity contribution is -0.140. The highest BCUT2D eigenvalue weighted by atomic mass is 19.1. The minimum absolute atomic E-state index is 0.0201. The van der Waals surface area contributed by atoms with Gasteiger partial charge in [-0.15, -0.1) is 0 Å². The number of nitrogens with zero attached hydrogens (tertiary/aromatic N) is 4. The Hall–Kier alpha value is -2.48. The van der Waals surface area contributed by atoms with Gasteiger partial charge in [0.15, 0.2) is 5.60 Å². The smallest absolute Gasteiger partial charge is 0.257 e. The molecule has 0 saturated carbocycles. The normalized spacial score (nSPS) is 30.6. The number of piperidine rings is 1. The first-order valence-electron chi connectivity index (χ1n) is 10.2. The van der Waals surface area contributed by atoms with Crippen LogP contribution < -0.4 is 9.64 Å². The standard InChI is InChI=1S/C21H25FN4O3/c1-28-18-12-17(23-13-24-18)25-9-7-21(8-10-25)20(27)26-16(5-6-19(26)29-21)14-3-2-4-15(22)11-14/h2-4,12-14,16,19H,5-11H2,1H3/t14?,16-,19+/m0/s1. The first-order valence-corrected chi connectivity index (χ1v) is 10.2. The van der Waals surface area contributed by atoms with Gasteiger partial charge in [0.25, 0.3) is 5.91 Å². The summed E-state index contributed by atoms with van der Waals surface area (Å²) in [6.45, 7) is 1.36. The van der Waals surface area contributed by atoms with Crippen LogP contribution in [0.4, 0.5) is 10.2 Å². The lowest BCUT2D eigenvalue weighted by atomic mass is 9.87. The zero-order chi connectivity index (χ0) is 20.0. The van der Waals surface area contributed by atoms with Crippen molar-refractivity contribution in [2.75, 3.05) is 25.1 Å². The highest BCUT2D eigenvalue weighted by molar-refractivity contribution is 5.88. The number of hydrogen-bond acceptors (Lipinski definition) is 6. The maximum absolute atomic E-state index is 13.8. The number of fused-ring (bicyclic) bond motifs is 1. The van der Waals surface area contributed by atoms with Crippen LogP contribution in [0.15, 0.2) is 36.4 Å². The highest BCUT2D eigenvalue weighted by Gasteiger charge is 2.58. The molecule has 29 heavy (non-hydrogen) atoms. The second-order valence-corrected chi connectivity index (χ2v) is 8.20. The molecule has 4 aliphatic rings. The van der Waals surface area contributed by atoms with E-state index in [-0.39, 0.29) is 29.9 Å². The second-order valence-electron chi connectivity index (χ2n) is 8.20. The van der Waals surface area contributed by atoms with Gasteiger partial charge >= 0.3 is 0 Å². The van der Waals surface area contributed by atoms with Crippen LogP contribution in [0.25, 0.3) is 0 Å². The van der Waals surface area contributed by atoms with Crippen LogP contribution in [0.1, 0.15) is 32.1 Å². The Balaban J connectivity index is 1.29. The minimum atomic E-state index is -0.760.